The highest BCUT2D eigenvalue weighted by Gasteiger charge is 2.08. The van der Waals surface area contributed by atoms with E-state index >= 15 is 0 Å². The Balaban J connectivity index is 2.75. The second kappa shape index (κ2) is 5.98. The molecule has 0 aromatic heterocycles. The van der Waals surface area contributed by atoms with Gasteiger partial charge in [0.15, 0.2) is 11.5 Å². The third kappa shape index (κ3) is 3.86. The summed E-state index contributed by atoms with van der Waals surface area (Å²) in [6.45, 7) is 1.89. The van der Waals surface area contributed by atoms with E-state index in [9.17, 15) is 4.79 Å². The van der Waals surface area contributed by atoms with E-state index in [2.05, 4.69) is 5.32 Å². The Morgan fingerprint density at radius 2 is 2.00 bits per heavy atom. The normalized spacial score (nSPS) is 11.7. The van der Waals surface area contributed by atoms with E-state index in [1.165, 1.54) is 0 Å². The number of nitrogens with two attached hydrogens (primary N) is 1. The second-order valence-corrected chi connectivity index (χ2v) is 3.80. The Hall–Kier alpha value is -1.91. The molecule has 5 nitrogen and oxygen atoms in total. The largest absolute Gasteiger partial charge is 0.493 e. The maximum absolute atomic E-state index is 10.7. The van der Waals surface area contributed by atoms with Crippen molar-refractivity contribution >= 4 is 6.03 Å². The number of carbonyl (C=O) groups is 1. The Morgan fingerprint density at radius 3 is 2.53 bits per heavy atom. The standard InChI is InChI=1S/C12H18N2O3/c1-8(14-12(13)15)6-9-4-5-10(16-2)11(7-9)17-3/h4-5,7-8H,6H2,1-3H3,(H3,13,14,15). The SMILES string of the molecule is COc1ccc(CC(C)NC(N)=O)cc1OC. The van der Waals surface area contributed by atoms with E-state index in [0.717, 1.165) is 5.56 Å². The lowest BCUT2D eigenvalue weighted by atomic mass is 10.1. The van der Waals surface area contributed by atoms with Gasteiger partial charge in [0.1, 0.15) is 0 Å². The Morgan fingerprint density at radius 1 is 1.35 bits per heavy atom. The molecule has 0 saturated heterocycles. The number of carbonyl (C=O) groups excluding carboxylic acids is 1. The van der Waals surface area contributed by atoms with Gasteiger partial charge in [-0.2, -0.15) is 0 Å². The monoisotopic (exact) mass is 238 g/mol. The maximum Gasteiger partial charge on any atom is 0.312 e. The van der Waals surface area contributed by atoms with Crippen LogP contribution in [-0.4, -0.2) is 26.3 Å². The average Bonchev–Trinajstić information content (AvgIpc) is 2.27. The summed E-state index contributed by atoms with van der Waals surface area (Å²) in [6.07, 6.45) is 0.684. The first-order chi connectivity index (χ1) is 8.06. The number of ether oxygens (including phenoxy) is 2. The van der Waals surface area contributed by atoms with E-state index in [1.54, 1.807) is 14.2 Å². The van der Waals surface area contributed by atoms with Gasteiger partial charge in [-0.05, 0) is 31.0 Å². The first-order valence-electron chi connectivity index (χ1n) is 5.33. The van der Waals surface area contributed by atoms with Crippen molar-refractivity contribution in [1.29, 1.82) is 0 Å². The van der Waals surface area contributed by atoms with Crippen LogP contribution in [0.4, 0.5) is 4.79 Å². The lowest BCUT2D eigenvalue weighted by molar-refractivity contribution is 0.246. The molecule has 0 fully saturated rings. The van der Waals surface area contributed by atoms with Crippen LogP contribution < -0.4 is 20.5 Å². The lowest BCUT2D eigenvalue weighted by Crippen LogP contribution is -2.37. The van der Waals surface area contributed by atoms with E-state index in [0.29, 0.717) is 17.9 Å². The number of rotatable bonds is 5. The van der Waals surface area contributed by atoms with E-state index < -0.39 is 6.03 Å². The summed E-state index contributed by atoms with van der Waals surface area (Å²) in [6, 6.07) is 5.12. The van der Waals surface area contributed by atoms with Gasteiger partial charge in [-0.3, -0.25) is 0 Å². The molecule has 1 unspecified atom stereocenters. The van der Waals surface area contributed by atoms with Gasteiger partial charge in [-0.25, -0.2) is 4.79 Å². The smallest absolute Gasteiger partial charge is 0.312 e. The zero-order valence-corrected chi connectivity index (χ0v) is 10.3. The third-order valence-corrected chi connectivity index (χ3v) is 2.38. The molecule has 0 bridgehead atoms. The molecule has 0 spiro atoms. The molecule has 2 amide bonds. The van der Waals surface area contributed by atoms with E-state index in [1.807, 2.05) is 25.1 Å². The van der Waals surface area contributed by atoms with Gasteiger partial charge in [0.25, 0.3) is 0 Å². The van der Waals surface area contributed by atoms with Crippen molar-refractivity contribution in [3.63, 3.8) is 0 Å². The van der Waals surface area contributed by atoms with Crippen molar-refractivity contribution in [2.45, 2.75) is 19.4 Å². The molecule has 0 saturated carbocycles. The van der Waals surface area contributed by atoms with E-state index in [-0.39, 0.29) is 6.04 Å². The fourth-order valence-electron chi connectivity index (χ4n) is 1.66. The molecule has 0 aliphatic heterocycles. The van der Waals surface area contributed by atoms with Crippen LogP contribution in [0.3, 0.4) is 0 Å². The number of primary amides is 1. The Labute approximate surface area is 101 Å². The lowest BCUT2D eigenvalue weighted by Gasteiger charge is -2.14. The molecule has 1 rings (SSSR count). The molecule has 3 N–H and O–H groups in total. The van der Waals surface area contributed by atoms with Crippen LogP contribution in [-0.2, 0) is 6.42 Å². The minimum Gasteiger partial charge on any atom is -0.493 e. The molecular formula is C12H18N2O3. The predicted molar refractivity (Wildman–Crippen MR) is 65.4 cm³/mol. The molecule has 1 aromatic carbocycles. The van der Waals surface area contributed by atoms with Crippen LogP contribution in [0, 0.1) is 0 Å². The van der Waals surface area contributed by atoms with Gasteiger partial charge in [-0.15, -0.1) is 0 Å². The topological polar surface area (TPSA) is 73.6 Å². The van der Waals surface area contributed by atoms with Gasteiger partial charge in [0.05, 0.1) is 14.2 Å². The van der Waals surface area contributed by atoms with Crippen molar-refractivity contribution in [1.82, 2.24) is 5.32 Å². The molecule has 1 atom stereocenters. The molecular weight excluding hydrogens is 220 g/mol. The molecule has 0 radical (unpaired) electrons. The quantitative estimate of drug-likeness (QED) is 0.812. The fraction of sp³-hybridized carbons (Fsp3) is 0.417. The highest BCUT2D eigenvalue weighted by Crippen LogP contribution is 2.27. The predicted octanol–water partition coefficient (Wildman–Crippen LogP) is 1.30. The van der Waals surface area contributed by atoms with Crippen molar-refractivity contribution in [2.24, 2.45) is 5.73 Å². The molecule has 5 heteroatoms. The number of hydrogen-bond donors (Lipinski definition) is 2. The zero-order chi connectivity index (χ0) is 12.8. The van der Waals surface area contributed by atoms with Crippen molar-refractivity contribution in [3.05, 3.63) is 23.8 Å². The molecule has 17 heavy (non-hydrogen) atoms. The summed E-state index contributed by atoms with van der Waals surface area (Å²) in [5.74, 6) is 1.36. The van der Waals surface area contributed by atoms with Crippen LogP contribution in [0.2, 0.25) is 0 Å². The number of urea groups is 1. The summed E-state index contributed by atoms with van der Waals surface area (Å²) in [5, 5.41) is 2.62. The van der Waals surface area contributed by atoms with Crippen LogP contribution in [0.15, 0.2) is 18.2 Å². The molecule has 1 aromatic rings. The van der Waals surface area contributed by atoms with Crippen LogP contribution in [0.5, 0.6) is 11.5 Å². The number of amides is 2. The number of nitrogens with one attached hydrogen (secondary N) is 1. The molecule has 94 valence electrons. The number of methoxy groups -OCH3 is 2. The van der Waals surface area contributed by atoms with Crippen molar-refractivity contribution < 1.29 is 14.3 Å². The second-order valence-electron chi connectivity index (χ2n) is 3.80. The molecule has 0 heterocycles. The Bertz CT molecular complexity index is 393. The highest BCUT2D eigenvalue weighted by molar-refractivity contribution is 5.71. The third-order valence-electron chi connectivity index (χ3n) is 2.38. The maximum atomic E-state index is 10.7. The van der Waals surface area contributed by atoms with Gasteiger partial charge >= 0.3 is 6.03 Å². The highest BCUT2D eigenvalue weighted by atomic mass is 16.5. The van der Waals surface area contributed by atoms with E-state index in [4.69, 9.17) is 15.2 Å². The number of hydrogen-bond acceptors (Lipinski definition) is 3. The summed E-state index contributed by atoms with van der Waals surface area (Å²) >= 11 is 0. The van der Waals surface area contributed by atoms with Gasteiger partial charge in [0.2, 0.25) is 0 Å². The Kier molecular flexibility index (Phi) is 4.63. The molecule has 0 aliphatic rings. The number of benzene rings is 1. The average molecular weight is 238 g/mol. The fourth-order valence-corrected chi connectivity index (χ4v) is 1.66. The van der Waals surface area contributed by atoms with Crippen LogP contribution in [0.25, 0.3) is 0 Å². The summed E-state index contributed by atoms with van der Waals surface area (Å²) in [4.78, 5) is 10.7. The summed E-state index contributed by atoms with van der Waals surface area (Å²) < 4.78 is 10.3. The van der Waals surface area contributed by atoms with Gasteiger partial charge in [0, 0.05) is 6.04 Å². The first kappa shape index (κ1) is 13.2. The minimum atomic E-state index is -0.516. The minimum absolute atomic E-state index is 0.0226. The zero-order valence-electron chi connectivity index (χ0n) is 10.3. The van der Waals surface area contributed by atoms with Gasteiger partial charge in [-0.1, -0.05) is 6.07 Å². The first-order valence-corrected chi connectivity index (χ1v) is 5.33. The summed E-state index contributed by atoms with van der Waals surface area (Å²) in [7, 11) is 3.18. The van der Waals surface area contributed by atoms with Crippen molar-refractivity contribution in [3.8, 4) is 11.5 Å². The van der Waals surface area contributed by atoms with Crippen LogP contribution in [0.1, 0.15) is 12.5 Å². The van der Waals surface area contributed by atoms with Crippen LogP contribution >= 0.6 is 0 Å². The van der Waals surface area contributed by atoms with Gasteiger partial charge < -0.3 is 20.5 Å². The summed E-state index contributed by atoms with van der Waals surface area (Å²) in [5.41, 5.74) is 6.10. The molecule has 0 aliphatic carbocycles. The van der Waals surface area contributed by atoms with Crippen molar-refractivity contribution in [2.75, 3.05) is 14.2 Å².